The molecule has 1 amide bonds. The van der Waals surface area contributed by atoms with Gasteiger partial charge in [-0.25, -0.2) is 5.84 Å². The number of rotatable bonds is 4. The molecule has 1 aromatic carbocycles. The maximum Gasteiger partial charge on any atom is 0.316 e. The SMILES string of the molecule is NNC(=O)Cn1ccn(Cc2ccc(Cl)cc2)c(=O)c1=O. The van der Waals surface area contributed by atoms with Gasteiger partial charge in [-0.1, -0.05) is 23.7 Å². The molecule has 0 radical (unpaired) electrons. The Balaban J connectivity index is 2.28. The Morgan fingerprint density at radius 2 is 1.67 bits per heavy atom. The van der Waals surface area contributed by atoms with Crippen LogP contribution in [0.25, 0.3) is 0 Å². The van der Waals surface area contributed by atoms with Crippen LogP contribution in [0.3, 0.4) is 0 Å². The summed E-state index contributed by atoms with van der Waals surface area (Å²) in [6.07, 6.45) is 2.82. The smallest absolute Gasteiger partial charge is 0.305 e. The van der Waals surface area contributed by atoms with Crippen LogP contribution in [0.4, 0.5) is 0 Å². The van der Waals surface area contributed by atoms with Gasteiger partial charge in [-0.15, -0.1) is 0 Å². The molecule has 0 aliphatic rings. The number of carbonyl (C=O) groups is 1. The Kier molecular flexibility index (Phi) is 4.56. The highest BCUT2D eigenvalue weighted by Gasteiger charge is 2.08. The maximum absolute atomic E-state index is 12.0. The summed E-state index contributed by atoms with van der Waals surface area (Å²) in [6.45, 7) is -0.0540. The fourth-order valence-corrected chi connectivity index (χ4v) is 1.90. The third-order valence-electron chi connectivity index (χ3n) is 2.87. The maximum atomic E-state index is 12.0. The van der Waals surface area contributed by atoms with Crippen molar-refractivity contribution >= 4 is 17.5 Å². The number of hydrogen-bond donors (Lipinski definition) is 2. The summed E-state index contributed by atoms with van der Waals surface area (Å²) in [6, 6.07) is 6.94. The Bertz CT molecular complexity index is 764. The van der Waals surface area contributed by atoms with Crippen molar-refractivity contribution in [3.8, 4) is 0 Å². The molecule has 0 fully saturated rings. The van der Waals surface area contributed by atoms with Gasteiger partial charge in [-0.05, 0) is 17.7 Å². The lowest BCUT2D eigenvalue weighted by atomic mass is 10.2. The van der Waals surface area contributed by atoms with Crippen molar-refractivity contribution in [3.05, 3.63) is 68.0 Å². The van der Waals surface area contributed by atoms with Crippen molar-refractivity contribution in [1.82, 2.24) is 14.6 Å². The van der Waals surface area contributed by atoms with E-state index < -0.39 is 17.0 Å². The molecule has 8 heteroatoms. The molecule has 3 N–H and O–H groups in total. The number of halogens is 1. The Labute approximate surface area is 124 Å². The summed E-state index contributed by atoms with van der Waals surface area (Å²) in [7, 11) is 0. The van der Waals surface area contributed by atoms with E-state index in [1.54, 1.807) is 24.3 Å². The minimum atomic E-state index is -0.782. The molecule has 0 bridgehead atoms. The molecule has 7 nitrogen and oxygen atoms in total. The molecule has 2 rings (SSSR count). The third kappa shape index (κ3) is 3.59. The van der Waals surface area contributed by atoms with Crippen molar-refractivity contribution in [1.29, 1.82) is 0 Å². The van der Waals surface area contributed by atoms with E-state index in [-0.39, 0.29) is 13.1 Å². The van der Waals surface area contributed by atoms with Crippen LogP contribution in [0.1, 0.15) is 5.56 Å². The molecule has 0 spiro atoms. The molecule has 110 valence electrons. The van der Waals surface area contributed by atoms with Gasteiger partial charge >= 0.3 is 11.1 Å². The first-order valence-electron chi connectivity index (χ1n) is 6.05. The first-order chi connectivity index (χ1) is 10.0. The normalized spacial score (nSPS) is 10.4. The standard InChI is InChI=1S/C13H13ClN4O3/c14-10-3-1-9(2-4-10)7-17-5-6-18(8-11(19)16-15)13(21)12(17)20/h1-6H,7-8,15H2,(H,16,19). The van der Waals surface area contributed by atoms with Gasteiger partial charge in [0.15, 0.2) is 0 Å². The largest absolute Gasteiger partial charge is 0.316 e. The molecule has 0 aliphatic carbocycles. The average molecular weight is 309 g/mol. The number of amides is 1. The second-order valence-corrected chi connectivity index (χ2v) is 4.79. The van der Waals surface area contributed by atoms with Crippen molar-refractivity contribution in [2.45, 2.75) is 13.1 Å². The number of hydrazine groups is 1. The minimum absolute atomic E-state index is 0.245. The topological polar surface area (TPSA) is 99.1 Å². The van der Waals surface area contributed by atoms with Gasteiger partial charge in [-0.2, -0.15) is 0 Å². The van der Waals surface area contributed by atoms with E-state index in [1.807, 2.05) is 5.43 Å². The van der Waals surface area contributed by atoms with E-state index in [4.69, 9.17) is 17.4 Å². The molecule has 0 aliphatic heterocycles. The molecule has 0 unspecified atom stereocenters. The van der Waals surface area contributed by atoms with Gasteiger partial charge in [-0.3, -0.25) is 24.4 Å². The van der Waals surface area contributed by atoms with Gasteiger partial charge < -0.3 is 4.57 Å². The molecule has 0 saturated heterocycles. The van der Waals surface area contributed by atoms with Crippen LogP contribution in [0.5, 0.6) is 0 Å². The summed E-state index contributed by atoms with van der Waals surface area (Å²) in [5.74, 6) is 4.38. The van der Waals surface area contributed by atoms with Crippen LogP contribution in [-0.2, 0) is 17.9 Å². The Hall–Kier alpha value is -2.38. The summed E-state index contributed by atoms with van der Waals surface area (Å²) < 4.78 is 2.27. The molecular formula is C13H13ClN4O3. The van der Waals surface area contributed by atoms with Gasteiger partial charge in [0.1, 0.15) is 6.54 Å². The summed E-state index contributed by atoms with van der Waals surface area (Å²) in [4.78, 5) is 35.0. The van der Waals surface area contributed by atoms with E-state index in [9.17, 15) is 14.4 Å². The van der Waals surface area contributed by atoms with E-state index >= 15 is 0 Å². The highest BCUT2D eigenvalue weighted by atomic mass is 35.5. The van der Waals surface area contributed by atoms with Crippen LogP contribution in [-0.4, -0.2) is 15.0 Å². The highest BCUT2D eigenvalue weighted by molar-refractivity contribution is 6.30. The van der Waals surface area contributed by atoms with Crippen LogP contribution < -0.4 is 22.4 Å². The second kappa shape index (κ2) is 6.38. The van der Waals surface area contributed by atoms with Crippen molar-refractivity contribution in [3.63, 3.8) is 0 Å². The highest BCUT2D eigenvalue weighted by Crippen LogP contribution is 2.09. The zero-order valence-corrected chi connectivity index (χ0v) is 11.7. The second-order valence-electron chi connectivity index (χ2n) is 4.36. The van der Waals surface area contributed by atoms with Gasteiger partial charge in [0, 0.05) is 17.4 Å². The molecule has 1 aromatic heterocycles. The zero-order valence-electron chi connectivity index (χ0n) is 11.0. The first kappa shape index (κ1) is 15.0. The Morgan fingerprint density at radius 1 is 1.10 bits per heavy atom. The number of nitrogens with one attached hydrogen (secondary N) is 1. The molecule has 0 atom stereocenters. The van der Waals surface area contributed by atoms with Gasteiger partial charge in [0.05, 0.1) is 6.54 Å². The minimum Gasteiger partial charge on any atom is -0.305 e. The lowest BCUT2D eigenvalue weighted by Crippen LogP contribution is -2.44. The van der Waals surface area contributed by atoms with E-state index in [1.165, 1.54) is 17.0 Å². The molecule has 0 saturated carbocycles. The number of carbonyl (C=O) groups excluding carboxylic acids is 1. The summed E-state index contributed by atoms with van der Waals surface area (Å²) >= 11 is 5.78. The van der Waals surface area contributed by atoms with Crippen LogP contribution >= 0.6 is 11.6 Å². The lowest BCUT2D eigenvalue weighted by molar-refractivity contribution is -0.121. The fraction of sp³-hybridized carbons (Fsp3) is 0.154. The van der Waals surface area contributed by atoms with E-state index in [0.29, 0.717) is 5.02 Å². The predicted octanol–water partition coefficient (Wildman–Crippen LogP) is -0.298. The monoisotopic (exact) mass is 308 g/mol. The summed E-state index contributed by atoms with van der Waals surface area (Å²) in [5.41, 5.74) is 1.24. The third-order valence-corrected chi connectivity index (χ3v) is 3.12. The average Bonchev–Trinajstić information content (AvgIpc) is 2.49. The molecular weight excluding hydrogens is 296 g/mol. The molecule has 1 heterocycles. The van der Waals surface area contributed by atoms with E-state index in [2.05, 4.69) is 0 Å². The summed E-state index contributed by atoms with van der Waals surface area (Å²) in [5, 5.41) is 0.592. The number of nitrogens with two attached hydrogens (primary N) is 1. The van der Waals surface area contributed by atoms with Crippen molar-refractivity contribution < 1.29 is 4.79 Å². The number of hydrogen-bond acceptors (Lipinski definition) is 4. The van der Waals surface area contributed by atoms with Crippen molar-refractivity contribution in [2.75, 3.05) is 0 Å². The number of nitrogens with zero attached hydrogens (tertiary/aromatic N) is 2. The van der Waals surface area contributed by atoms with Gasteiger partial charge in [0.25, 0.3) is 5.91 Å². The van der Waals surface area contributed by atoms with Crippen molar-refractivity contribution in [2.24, 2.45) is 5.84 Å². The van der Waals surface area contributed by atoms with Crippen LogP contribution in [0.15, 0.2) is 46.2 Å². The number of aromatic nitrogens is 2. The number of benzene rings is 1. The molecule has 2 aromatic rings. The van der Waals surface area contributed by atoms with Gasteiger partial charge in [0.2, 0.25) is 0 Å². The fourth-order valence-electron chi connectivity index (χ4n) is 1.78. The first-order valence-corrected chi connectivity index (χ1v) is 6.43. The quantitative estimate of drug-likeness (QED) is 0.351. The lowest BCUT2D eigenvalue weighted by Gasteiger charge is -2.08. The predicted molar refractivity (Wildman–Crippen MR) is 77.8 cm³/mol. The zero-order chi connectivity index (χ0) is 15.4. The van der Waals surface area contributed by atoms with Crippen LogP contribution in [0.2, 0.25) is 5.02 Å². The molecule has 21 heavy (non-hydrogen) atoms. The van der Waals surface area contributed by atoms with E-state index in [0.717, 1.165) is 10.1 Å². The Morgan fingerprint density at radius 3 is 2.29 bits per heavy atom. The van der Waals surface area contributed by atoms with Crippen LogP contribution in [0, 0.1) is 0 Å².